The first-order valence-electron chi connectivity index (χ1n) is 9.15. The van der Waals surface area contributed by atoms with Crippen LogP contribution in [0.2, 0.25) is 5.02 Å². The van der Waals surface area contributed by atoms with Crippen molar-refractivity contribution in [3.8, 4) is 12.3 Å². The van der Waals surface area contributed by atoms with Crippen molar-refractivity contribution in [1.29, 1.82) is 0 Å². The summed E-state index contributed by atoms with van der Waals surface area (Å²) in [6, 6.07) is 5.75. The van der Waals surface area contributed by atoms with Gasteiger partial charge in [0.2, 0.25) is 5.91 Å². The lowest BCUT2D eigenvalue weighted by atomic mass is 9.79. The average Bonchev–Trinajstić information content (AvgIpc) is 2.60. The van der Waals surface area contributed by atoms with Crippen LogP contribution < -0.4 is 16.0 Å². The van der Waals surface area contributed by atoms with E-state index in [1.54, 1.807) is 12.1 Å². The van der Waals surface area contributed by atoms with Crippen molar-refractivity contribution in [2.24, 2.45) is 5.73 Å². The maximum Gasteiger partial charge on any atom is 0.303 e. The van der Waals surface area contributed by atoms with E-state index in [2.05, 4.69) is 11.2 Å². The topological polar surface area (TPSA) is 75.4 Å². The van der Waals surface area contributed by atoms with Gasteiger partial charge < -0.3 is 11.1 Å². The smallest absolute Gasteiger partial charge is 0.303 e. The minimum absolute atomic E-state index is 0.442. The first kappa shape index (κ1) is 18.6. The Balaban J connectivity index is 1.97. The number of anilines is 2. The number of carbonyl (C=O) groups is 2. The van der Waals surface area contributed by atoms with Gasteiger partial charge in [-0.25, -0.2) is 0 Å². The van der Waals surface area contributed by atoms with Gasteiger partial charge in [0.25, 0.3) is 0 Å². The molecule has 0 radical (unpaired) electrons. The van der Waals surface area contributed by atoms with Gasteiger partial charge in [-0.2, -0.15) is 0 Å². The number of amides is 2. The van der Waals surface area contributed by atoms with Gasteiger partial charge in [-0.1, -0.05) is 30.9 Å². The van der Waals surface area contributed by atoms with Crippen LogP contribution in [0.25, 0.3) is 0 Å². The van der Waals surface area contributed by atoms with E-state index in [0.717, 1.165) is 37.8 Å². The highest BCUT2D eigenvalue weighted by Crippen LogP contribution is 2.39. The van der Waals surface area contributed by atoms with Crippen LogP contribution in [-0.4, -0.2) is 23.4 Å². The van der Waals surface area contributed by atoms with Crippen molar-refractivity contribution in [2.75, 3.05) is 10.2 Å². The van der Waals surface area contributed by atoms with Gasteiger partial charge in [0, 0.05) is 11.7 Å². The third kappa shape index (κ3) is 3.39. The minimum Gasteiger partial charge on any atom is -0.381 e. The van der Waals surface area contributed by atoms with E-state index in [4.69, 9.17) is 23.8 Å². The summed E-state index contributed by atoms with van der Waals surface area (Å²) < 4.78 is 0. The zero-order valence-electron chi connectivity index (χ0n) is 14.8. The van der Waals surface area contributed by atoms with Crippen LogP contribution in [0.4, 0.5) is 11.4 Å². The summed E-state index contributed by atoms with van der Waals surface area (Å²) >= 11 is 6.44. The minimum atomic E-state index is -1.09. The molecule has 0 spiro atoms. The molecule has 2 aliphatic rings. The summed E-state index contributed by atoms with van der Waals surface area (Å²) in [4.78, 5) is 26.3. The lowest BCUT2D eigenvalue weighted by molar-refractivity contribution is -0.127. The first-order valence-corrected chi connectivity index (χ1v) is 9.52. The summed E-state index contributed by atoms with van der Waals surface area (Å²) in [6.45, 7) is 0. The molecule has 138 valence electrons. The Labute approximate surface area is 159 Å². The van der Waals surface area contributed by atoms with E-state index >= 15 is 0 Å². The van der Waals surface area contributed by atoms with E-state index in [9.17, 15) is 9.59 Å². The van der Waals surface area contributed by atoms with Gasteiger partial charge in [-0.05, 0) is 56.2 Å². The lowest BCUT2D eigenvalue weighted by Crippen LogP contribution is -2.60. The van der Waals surface area contributed by atoms with E-state index < -0.39 is 17.4 Å². The van der Waals surface area contributed by atoms with Crippen LogP contribution in [0.15, 0.2) is 18.2 Å². The Hall–Kier alpha value is -2.19. The predicted molar refractivity (Wildman–Crippen MR) is 104 cm³/mol. The Bertz CT molecular complexity index is 746. The van der Waals surface area contributed by atoms with Gasteiger partial charge in [-0.3, -0.25) is 14.5 Å². The van der Waals surface area contributed by atoms with Gasteiger partial charge in [0.05, 0.1) is 10.7 Å². The van der Waals surface area contributed by atoms with Crippen molar-refractivity contribution in [3.63, 3.8) is 0 Å². The summed E-state index contributed by atoms with van der Waals surface area (Å²) in [5.74, 6) is 1.06. The monoisotopic (exact) mass is 373 g/mol. The van der Waals surface area contributed by atoms with Gasteiger partial charge in [0.15, 0.2) is 0 Å². The standard InChI is InChI=1S/C20H24ClN3O2/c1-2-18(25)24(20(19(22)26)11-4-3-5-12-20)15-9-10-17(16(21)13-15)23-14-7-6-8-14/h1,9-10,13-14,23H,3-8,11-12H2,(H2,22,26). The fourth-order valence-electron chi connectivity index (χ4n) is 3.87. The van der Waals surface area contributed by atoms with E-state index in [1.165, 1.54) is 11.3 Å². The normalized spacial score (nSPS) is 19.1. The van der Waals surface area contributed by atoms with Crippen molar-refractivity contribution < 1.29 is 9.59 Å². The van der Waals surface area contributed by atoms with Crippen molar-refractivity contribution >= 4 is 34.8 Å². The number of rotatable bonds is 5. The van der Waals surface area contributed by atoms with Crippen molar-refractivity contribution in [2.45, 2.75) is 62.9 Å². The maximum absolute atomic E-state index is 12.6. The van der Waals surface area contributed by atoms with Crippen LogP contribution in [0, 0.1) is 12.3 Å². The van der Waals surface area contributed by atoms with Crippen LogP contribution in [0.3, 0.4) is 0 Å². The van der Waals surface area contributed by atoms with E-state index in [0.29, 0.717) is 29.6 Å². The SMILES string of the molecule is C#CC(=O)N(c1ccc(NC2CCC2)c(Cl)c1)C1(C(N)=O)CCCCC1. The largest absolute Gasteiger partial charge is 0.381 e. The van der Waals surface area contributed by atoms with Crippen molar-refractivity contribution in [1.82, 2.24) is 0 Å². The molecule has 2 amide bonds. The number of terminal acetylenes is 1. The highest BCUT2D eigenvalue weighted by Gasteiger charge is 2.46. The van der Waals surface area contributed by atoms with E-state index in [1.807, 2.05) is 6.07 Å². The molecular weight excluding hydrogens is 350 g/mol. The molecule has 2 aliphatic carbocycles. The predicted octanol–water partition coefficient (Wildman–Crippen LogP) is 3.46. The second-order valence-corrected chi connectivity index (χ2v) is 7.58. The molecule has 0 bridgehead atoms. The number of nitrogens with two attached hydrogens (primary N) is 1. The van der Waals surface area contributed by atoms with Crippen LogP contribution in [-0.2, 0) is 9.59 Å². The number of nitrogens with zero attached hydrogens (tertiary/aromatic N) is 1. The summed E-state index contributed by atoms with van der Waals surface area (Å²) in [6.07, 6.45) is 12.6. The average molecular weight is 374 g/mol. The molecule has 0 aromatic heterocycles. The number of nitrogens with one attached hydrogen (secondary N) is 1. The molecule has 0 atom stereocenters. The molecular formula is C20H24ClN3O2. The summed E-state index contributed by atoms with van der Waals surface area (Å²) in [7, 11) is 0. The molecule has 3 rings (SSSR count). The lowest BCUT2D eigenvalue weighted by Gasteiger charge is -2.43. The second kappa shape index (κ2) is 7.59. The van der Waals surface area contributed by atoms with Gasteiger partial charge >= 0.3 is 5.91 Å². The molecule has 2 fully saturated rings. The van der Waals surface area contributed by atoms with Gasteiger partial charge in [0.1, 0.15) is 5.54 Å². The molecule has 2 saturated carbocycles. The molecule has 1 aromatic carbocycles. The number of carbonyl (C=O) groups excluding carboxylic acids is 2. The Morgan fingerprint density at radius 1 is 1.23 bits per heavy atom. The van der Waals surface area contributed by atoms with E-state index in [-0.39, 0.29) is 0 Å². The number of hydrogen-bond donors (Lipinski definition) is 2. The van der Waals surface area contributed by atoms with Crippen LogP contribution in [0.1, 0.15) is 51.4 Å². The first-order chi connectivity index (χ1) is 12.5. The molecule has 5 nitrogen and oxygen atoms in total. The maximum atomic E-state index is 12.6. The summed E-state index contributed by atoms with van der Waals surface area (Å²) in [5.41, 5.74) is 5.99. The molecule has 0 unspecified atom stereocenters. The third-order valence-electron chi connectivity index (χ3n) is 5.57. The van der Waals surface area contributed by atoms with Crippen molar-refractivity contribution in [3.05, 3.63) is 23.2 Å². The van der Waals surface area contributed by atoms with Crippen LogP contribution in [0.5, 0.6) is 0 Å². The highest BCUT2D eigenvalue weighted by atomic mass is 35.5. The number of hydrogen-bond acceptors (Lipinski definition) is 3. The molecule has 0 heterocycles. The number of halogens is 1. The Kier molecular flexibility index (Phi) is 5.43. The zero-order valence-corrected chi connectivity index (χ0v) is 15.5. The third-order valence-corrected chi connectivity index (χ3v) is 5.88. The Morgan fingerprint density at radius 2 is 1.92 bits per heavy atom. The summed E-state index contributed by atoms with van der Waals surface area (Å²) in [5, 5.41) is 3.90. The molecule has 6 heteroatoms. The molecule has 26 heavy (non-hydrogen) atoms. The van der Waals surface area contributed by atoms with Gasteiger partial charge in [-0.15, -0.1) is 6.42 Å². The molecule has 1 aromatic rings. The fraction of sp³-hybridized carbons (Fsp3) is 0.500. The van der Waals surface area contributed by atoms with Crippen LogP contribution >= 0.6 is 11.6 Å². The molecule has 0 saturated heterocycles. The Morgan fingerprint density at radius 3 is 2.42 bits per heavy atom. The molecule has 3 N–H and O–H groups in total. The highest BCUT2D eigenvalue weighted by molar-refractivity contribution is 6.33. The quantitative estimate of drug-likeness (QED) is 0.776. The number of primary amides is 1. The molecule has 0 aliphatic heterocycles. The number of benzene rings is 1. The zero-order chi connectivity index (χ0) is 18.7. The second-order valence-electron chi connectivity index (χ2n) is 7.18. The fourth-order valence-corrected chi connectivity index (χ4v) is 4.10.